The zero-order chi connectivity index (χ0) is 15.7. The average molecular weight is 305 g/mol. The molecule has 1 aromatic carbocycles. The minimum Gasteiger partial charge on any atom is -0.419 e. The van der Waals surface area contributed by atoms with Gasteiger partial charge in [-0.05, 0) is 37.5 Å². The van der Waals surface area contributed by atoms with Crippen molar-refractivity contribution in [2.45, 2.75) is 32.4 Å². The molecule has 3 rings (SSSR count). The summed E-state index contributed by atoms with van der Waals surface area (Å²) in [6.07, 6.45) is 0.721. The van der Waals surface area contributed by atoms with Gasteiger partial charge in [0.1, 0.15) is 5.82 Å². The Labute approximate surface area is 128 Å². The third-order valence-corrected chi connectivity index (χ3v) is 4.43. The lowest BCUT2D eigenvalue weighted by Crippen LogP contribution is -2.48. The first-order valence-electron chi connectivity index (χ1n) is 7.47. The third kappa shape index (κ3) is 3.18. The van der Waals surface area contributed by atoms with Crippen LogP contribution in [0.1, 0.15) is 26.2 Å². The molecule has 0 amide bonds. The second-order valence-corrected chi connectivity index (χ2v) is 6.25. The summed E-state index contributed by atoms with van der Waals surface area (Å²) in [4.78, 5) is 2.19. The monoisotopic (exact) mass is 305 g/mol. The fraction of sp³-hybridized carbons (Fsp3) is 0.500. The van der Waals surface area contributed by atoms with Crippen molar-refractivity contribution in [3.05, 3.63) is 36.0 Å². The highest BCUT2D eigenvalue weighted by Gasteiger charge is 2.34. The number of nitrogens with zero attached hydrogens (tertiary/aromatic N) is 3. The van der Waals surface area contributed by atoms with Gasteiger partial charge in [-0.25, -0.2) is 4.39 Å². The van der Waals surface area contributed by atoms with E-state index in [-0.39, 0.29) is 11.7 Å². The largest absolute Gasteiger partial charge is 0.419 e. The zero-order valence-electron chi connectivity index (χ0n) is 12.8. The van der Waals surface area contributed by atoms with Crippen LogP contribution in [0.2, 0.25) is 0 Å². The topological polar surface area (TPSA) is 62.4 Å². The molecule has 5 nitrogen and oxygen atoms in total. The highest BCUT2D eigenvalue weighted by atomic mass is 19.1. The molecule has 2 heterocycles. The normalized spacial score (nSPS) is 26.3. The van der Waals surface area contributed by atoms with Crippen LogP contribution in [0.5, 0.6) is 0 Å². The van der Waals surface area contributed by atoms with Crippen LogP contribution in [0.3, 0.4) is 0 Å². The van der Waals surface area contributed by atoms with Crippen LogP contribution >= 0.6 is 0 Å². The quantitative estimate of drug-likeness (QED) is 0.944. The summed E-state index contributed by atoms with van der Waals surface area (Å²) >= 11 is 0. The van der Waals surface area contributed by atoms with Gasteiger partial charge in [-0.3, -0.25) is 4.90 Å². The van der Waals surface area contributed by atoms with Gasteiger partial charge in [-0.1, -0.05) is 13.0 Å². The van der Waals surface area contributed by atoms with E-state index in [1.807, 2.05) is 13.8 Å². The lowest BCUT2D eigenvalue weighted by atomic mass is 9.84. The molecule has 0 radical (unpaired) electrons. The van der Waals surface area contributed by atoms with E-state index in [1.165, 1.54) is 12.1 Å². The van der Waals surface area contributed by atoms with Gasteiger partial charge in [0, 0.05) is 18.7 Å². The van der Waals surface area contributed by atoms with Gasteiger partial charge in [-0.15, -0.1) is 10.2 Å². The molecule has 0 unspecified atom stereocenters. The molecule has 0 spiro atoms. The standard InChI is InChI=1S/C16H20FN3O2/c1-11-9-20(7-6-16(11,2)21)10-14-18-19-15(22-14)12-4-3-5-13(17)8-12/h3-5,8,11,21H,6-7,9-10H2,1-2H3/t11-,16+/m1/s1. The van der Waals surface area contributed by atoms with Gasteiger partial charge in [0.05, 0.1) is 12.1 Å². The number of rotatable bonds is 3. The fourth-order valence-electron chi connectivity index (χ4n) is 2.70. The van der Waals surface area contributed by atoms with E-state index < -0.39 is 5.60 Å². The van der Waals surface area contributed by atoms with Crippen molar-refractivity contribution >= 4 is 0 Å². The molecule has 1 aliphatic heterocycles. The Hall–Kier alpha value is -1.79. The highest BCUT2D eigenvalue weighted by Crippen LogP contribution is 2.28. The van der Waals surface area contributed by atoms with Crippen LogP contribution in [0, 0.1) is 11.7 Å². The fourth-order valence-corrected chi connectivity index (χ4v) is 2.70. The van der Waals surface area contributed by atoms with Crippen molar-refractivity contribution in [1.82, 2.24) is 15.1 Å². The predicted octanol–water partition coefficient (Wildman–Crippen LogP) is 2.47. The molecule has 1 aromatic heterocycles. The van der Waals surface area contributed by atoms with Crippen LogP contribution < -0.4 is 0 Å². The molecule has 1 fully saturated rings. The number of hydrogen-bond acceptors (Lipinski definition) is 5. The molecule has 22 heavy (non-hydrogen) atoms. The molecule has 0 aliphatic carbocycles. The third-order valence-electron chi connectivity index (χ3n) is 4.43. The lowest BCUT2D eigenvalue weighted by Gasteiger charge is -2.40. The number of halogens is 1. The summed E-state index contributed by atoms with van der Waals surface area (Å²) in [7, 11) is 0. The van der Waals surface area contributed by atoms with E-state index >= 15 is 0 Å². The number of aromatic nitrogens is 2. The summed E-state index contributed by atoms with van der Waals surface area (Å²) in [6, 6.07) is 6.10. The van der Waals surface area contributed by atoms with Crippen molar-refractivity contribution in [1.29, 1.82) is 0 Å². The Bertz CT molecular complexity index is 656. The van der Waals surface area contributed by atoms with Crippen LogP contribution in [0.15, 0.2) is 28.7 Å². The minimum atomic E-state index is -0.613. The molecule has 1 saturated heterocycles. The number of aliphatic hydroxyl groups is 1. The maximum atomic E-state index is 13.2. The molecule has 1 aliphatic rings. The van der Waals surface area contributed by atoms with Crippen LogP contribution in [0.4, 0.5) is 4.39 Å². The SMILES string of the molecule is C[C@@H]1CN(Cc2nnc(-c3cccc(F)c3)o2)CC[C@]1(C)O. The highest BCUT2D eigenvalue weighted by molar-refractivity contribution is 5.52. The minimum absolute atomic E-state index is 0.187. The first-order chi connectivity index (χ1) is 10.4. The zero-order valence-corrected chi connectivity index (χ0v) is 12.8. The summed E-state index contributed by atoms with van der Waals surface area (Å²) in [5, 5.41) is 18.2. The van der Waals surface area contributed by atoms with Gasteiger partial charge in [0.2, 0.25) is 11.8 Å². The summed E-state index contributed by atoms with van der Waals surface area (Å²) in [5.41, 5.74) is -0.0355. The van der Waals surface area contributed by atoms with E-state index in [4.69, 9.17) is 4.42 Å². The molecular formula is C16H20FN3O2. The van der Waals surface area contributed by atoms with Gasteiger partial charge in [0.15, 0.2) is 0 Å². The van der Waals surface area contributed by atoms with Crippen LogP contribution in [0.25, 0.3) is 11.5 Å². The molecule has 2 atom stereocenters. The summed E-state index contributed by atoms with van der Waals surface area (Å²) < 4.78 is 18.8. The van der Waals surface area contributed by atoms with Gasteiger partial charge < -0.3 is 9.52 Å². The van der Waals surface area contributed by atoms with Crippen molar-refractivity contribution in [2.75, 3.05) is 13.1 Å². The first kappa shape index (κ1) is 15.1. The first-order valence-corrected chi connectivity index (χ1v) is 7.47. The predicted molar refractivity (Wildman–Crippen MR) is 79.4 cm³/mol. The number of likely N-dealkylation sites (tertiary alicyclic amines) is 1. The smallest absolute Gasteiger partial charge is 0.247 e. The maximum Gasteiger partial charge on any atom is 0.247 e. The number of hydrogen-bond donors (Lipinski definition) is 1. The Balaban J connectivity index is 1.68. The van der Waals surface area contributed by atoms with E-state index in [0.29, 0.717) is 23.9 Å². The Morgan fingerprint density at radius 3 is 3.00 bits per heavy atom. The molecular weight excluding hydrogens is 285 g/mol. The van der Waals surface area contributed by atoms with E-state index in [2.05, 4.69) is 15.1 Å². The van der Waals surface area contributed by atoms with Crippen molar-refractivity contribution in [3.63, 3.8) is 0 Å². The average Bonchev–Trinajstić information content (AvgIpc) is 2.92. The second kappa shape index (κ2) is 5.78. The van der Waals surface area contributed by atoms with E-state index in [0.717, 1.165) is 19.5 Å². The van der Waals surface area contributed by atoms with E-state index in [9.17, 15) is 9.50 Å². The molecule has 6 heteroatoms. The molecule has 1 N–H and O–H groups in total. The van der Waals surface area contributed by atoms with Crippen molar-refractivity contribution < 1.29 is 13.9 Å². The van der Waals surface area contributed by atoms with Crippen LogP contribution in [-0.4, -0.2) is 38.9 Å². The van der Waals surface area contributed by atoms with Gasteiger partial charge in [0.25, 0.3) is 0 Å². The van der Waals surface area contributed by atoms with Gasteiger partial charge >= 0.3 is 0 Å². The molecule has 2 aromatic rings. The molecule has 0 bridgehead atoms. The maximum absolute atomic E-state index is 13.2. The van der Waals surface area contributed by atoms with Crippen molar-refractivity contribution in [2.24, 2.45) is 5.92 Å². The number of benzene rings is 1. The van der Waals surface area contributed by atoms with Gasteiger partial charge in [-0.2, -0.15) is 0 Å². The summed E-state index contributed by atoms with van der Waals surface area (Å²) in [6.45, 7) is 6.03. The van der Waals surface area contributed by atoms with E-state index in [1.54, 1.807) is 12.1 Å². The Morgan fingerprint density at radius 2 is 2.27 bits per heavy atom. The Kier molecular flexibility index (Phi) is 3.97. The van der Waals surface area contributed by atoms with Crippen molar-refractivity contribution in [3.8, 4) is 11.5 Å². The molecule has 118 valence electrons. The lowest BCUT2D eigenvalue weighted by molar-refractivity contribution is -0.0538. The number of piperidine rings is 1. The summed E-state index contributed by atoms with van der Waals surface area (Å²) in [5.74, 6) is 0.691. The Morgan fingerprint density at radius 1 is 1.45 bits per heavy atom. The second-order valence-electron chi connectivity index (χ2n) is 6.25. The molecule has 0 saturated carbocycles. The van der Waals surface area contributed by atoms with Crippen LogP contribution in [-0.2, 0) is 6.54 Å².